The Labute approximate surface area is 106 Å². The Morgan fingerprint density at radius 3 is 2.47 bits per heavy atom. The molecule has 2 aromatic rings. The first-order valence-corrected chi connectivity index (χ1v) is 5.73. The zero-order valence-corrected chi connectivity index (χ0v) is 10.4. The maximum atomic E-state index is 13.8. The lowest BCUT2D eigenvalue weighted by Crippen LogP contribution is -2.12. The smallest absolute Gasteiger partial charge is 0.249 e. The first-order valence-electron chi connectivity index (χ1n) is 4.94. The molecule has 2 rings (SSSR count). The van der Waals surface area contributed by atoms with E-state index in [0.29, 0.717) is 21.2 Å². The number of halogens is 2. The fraction of sp³-hybridized carbons (Fsp3) is 0. The molecule has 0 saturated carbocycles. The Hall–Kier alpha value is -1.68. The lowest BCUT2D eigenvalue weighted by molar-refractivity contribution is 0.100. The molecule has 0 spiro atoms. The van der Waals surface area contributed by atoms with E-state index in [1.54, 1.807) is 36.4 Å². The summed E-state index contributed by atoms with van der Waals surface area (Å²) in [6.45, 7) is 0. The number of primary amides is 1. The molecule has 1 amide bonds. The zero-order chi connectivity index (χ0) is 12.4. The molecule has 0 unspecified atom stereocenters. The van der Waals surface area contributed by atoms with Crippen LogP contribution in [0, 0.1) is 5.82 Å². The molecule has 0 aliphatic heterocycles. The summed E-state index contributed by atoms with van der Waals surface area (Å²) < 4.78 is 14.4. The van der Waals surface area contributed by atoms with Crippen molar-refractivity contribution < 1.29 is 9.18 Å². The summed E-state index contributed by atoms with van der Waals surface area (Å²) in [5.41, 5.74) is 6.44. The molecule has 0 radical (unpaired) electrons. The molecule has 0 atom stereocenters. The van der Waals surface area contributed by atoms with Gasteiger partial charge in [-0.3, -0.25) is 4.79 Å². The summed E-state index contributed by atoms with van der Waals surface area (Å²) >= 11 is 3.18. The third-order valence-corrected chi connectivity index (χ3v) is 2.91. The minimum Gasteiger partial charge on any atom is -0.366 e. The summed E-state index contributed by atoms with van der Waals surface area (Å²) in [4.78, 5) is 11.3. The van der Waals surface area contributed by atoms with Crippen molar-refractivity contribution in [3.63, 3.8) is 0 Å². The second-order valence-electron chi connectivity index (χ2n) is 3.53. The fourth-order valence-electron chi connectivity index (χ4n) is 1.64. The van der Waals surface area contributed by atoms with Crippen molar-refractivity contribution in [1.29, 1.82) is 0 Å². The van der Waals surface area contributed by atoms with Gasteiger partial charge in [0.15, 0.2) is 0 Å². The van der Waals surface area contributed by atoms with E-state index in [1.165, 1.54) is 6.07 Å². The van der Waals surface area contributed by atoms with Gasteiger partial charge in [-0.1, -0.05) is 40.2 Å². The number of hydrogen-bond acceptors (Lipinski definition) is 1. The van der Waals surface area contributed by atoms with Crippen LogP contribution in [0.5, 0.6) is 0 Å². The van der Waals surface area contributed by atoms with Crippen molar-refractivity contribution in [2.45, 2.75) is 0 Å². The van der Waals surface area contributed by atoms with Gasteiger partial charge in [0.05, 0.1) is 0 Å². The monoisotopic (exact) mass is 293 g/mol. The van der Waals surface area contributed by atoms with E-state index < -0.39 is 11.7 Å². The van der Waals surface area contributed by atoms with Gasteiger partial charge in [0.25, 0.3) is 0 Å². The van der Waals surface area contributed by atoms with Crippen molar-refractivity contribution in [2.75, 3.05) is 0 Å². The largest absolute Gasteiger partial charge is 0.366 e. The molecule has 0 aliphatic carbocycles. The highest BCUT2D eigenvalue weighted by atomic mass is 79.9. The number of hydrogen-bond donors (Lipinski definition) is 1. The molecule has 0 heterocycles. The van der Waals surface area contributed by atoms with Crippen LogP contribution in [0.4, 0.5) is 4.39 Å². The molecule has 0 bridgehead atoms. The van der Waals surface area contributed by atoms with Gasteiger partial charge in [-0.15, -0.1) is 0 Å². The van der Waals surface area contributed by atoms with Crippen LogP contribution in [-0.4, -0.2) is 5.91 Å². The standard InChI is InChI=1S/C13H9BrFNO/c14-8-5-6-10(12(15)7-8)9-3-1-2-4-11(9)13(16)17/h1-7H,(H2,16,17). The van der Waals surface area contributed by atoms with E-state index in [-0.39, 0.29) is 0 Å². The number of amides is 1. The van der Waals surface area contributed by atoms with Crippen LogP contribution in [0.2, 0.25) is 0 Å². The highest BCUT2D eigenvalue weighted by molar-refractivity contribution is 9.10. The van der Waals surface area contributed by atoms with Crippen LogP contribution in [0.25, 0.3) is 11.1 Å². The van der Waals surface area contributed by atoms with E-state index in [2.05, 4.69) is 15.9 Å². The Kier molecular flexibility index (Phi) is 3.24. The van der Waals surface area contributed by atoms with Crippen LogP contribution in [0.1, 0.15) is 10.4 Å². The van der Waals surface area contributed by atoms with Gasteiger partial charge in [0.1, 0.15) is 5.82 Å². The predicted octanol–water partition coefficient (Wildman–Crippen LogP) is 3.35. The van der Waals surface area contributed by atoms with Crippen molar-refractivity contribution in [2.24, 2.45) is 5.73 Å². The molecule has 2 N–H and O–H groups in total. The molecular formula is C13H9BrFNO. The molecular weight excluding hydrogens is 285 g/mol. The van der Waals surface area contributed by atoms with E-state index >= 15 is 0 Å². The molecule has 4 heteroatoms. The quantitative estimate of drug-likeness (QED) is 0.906. The SMILES string of the molecule is NC(=O)c1ccccc1-c1ccc(Br)cc1F. The first-order chi connectivity index (χ1) is 8.09. The average molecular weight is 294 g/mol. The van der Waals surface area contributed by atoms with Gasteiger partial charge in [-0.05, 0) is 23.8 Å². The molecule has 0 saturated heterocycles. The lowest BCUT2D eigenvalue weighted by Gasteiger charge is -2.08. The summed E-state index contributed by atoms with van der Waals surface area (Å²) in [6, 6.07) is 11.4. The van der Waals surface area contributed by atoms with E-state index in [4.69, 9.17) is 5.73 Å². The molecule has 17 heavy (non-hydrogen) atoms. The van der Waals surface area contributed by atoms with Gasteiger partial charge in [-0.25, -0.2) is 4.39 Å². The van der Waals surface area contributed by atoms with Crippen molar-refractivity contribution in [1.82, 2.24) is 0 Å². The van der Waals surface area contributed by atoms with Crippen LogP contribution in [0.15, 0.2) is 46.9 Å². The topological polar surface area (TPSA) is 43.1 Å². The van der Waals surface area contributed by atoms with Gasteiger partial charge in [0.2, 0.25) is 5.91 Å². The van der Waals surface area contributed by atoms with Crippen molar-refractivity contribution >= 4 is 21.8 Å². The van der Waals surface area contributed by atoms with Crippen LogP contribution in [0.3, 0.4) is 0 Å². The van der Waals surface area contributed by atoms with Gasteiger partial charge >= 0.3 is 0 Å². The Morgan fingerprint density at radius 1 is 1.12 bits per heavy atom. The van der Waals surface area contributed by atoms with Crippen molar-refractivity contribution in [3.8, 4) is 11.1 Å². The summed E-state index contributed by atoms with van der Waals surface area (Å²) in [6.07, 6.45) is 0. The summed E-state index contributed by atoms with van der Waals surface area (Å²) in [5.74, 6) is -0.962. The van der Waals surface area contributed by atoms with Gasteiger partial charge in [0, 0.05) is 15.6 Å². The third kappa shape index (κ3) is 2.36. The minimum atomic E-state index is -0.567. The second kappa shape index (κ2) is 4.67. The highest BCUT2D eigenvalue weighted by Crippen LogP contribution is 2.28. The molecule has 0 aliphatic rings. The zero-order valence-electron chi connectivity index (χ0n) is 8.78. The van der Waals surface area contributed by atoms with Crippen LogP contribution in [-0.2, 0) is 0 Å². The van der Waals surface area contributed by atoms with Crippen LogP contribution >= 0.6 is 15.9 Å². The predicted molar refractivity (Wildman–Crippen MR) is 68.1 cm³/mol. The minimum absolute atomic E-state index is 0.314. The first kappa shape index (κ1) is 11.8. The van der Waals surface area contributed by atoms with Gasteiger partial charge < -0.3 is 5.73 Å². The van der Waals surface area contributed by atoms with Crippen LogP contribution < -0.4 is 5.73 Å². The molecule has 0 fully saturated rings. The summed E-state index contributed by atoms with van der Waals surface area (Å²) in [5, 5.41) is 0. The van der Waals surface area contributed by atoms with E-state index in [9.17, 15) is 9.18 Å². The highest BCUT2D eigenvalue weighted by Gasteiger charge is 2.12. The van der Waals surface area contributed by atoms with Crippen molar-refractivity contribution in [3.05, 3.63) is 58.3 Å². The molecule has 2 nitrogen and oxygen atoms in total. The number of carbonyl (C=O) groups excluding carboxylic acids is 1. The van der Waals surface area contributed by atoms with E-state index in [0.717, 1.165) is 0 Å². The second-order valence-corrected chi connectivity index (χ2v) is 4.45. The summed E-state index contributed by atoms with van der Waals surface area (Å²) in [7, 11) is 0. The number of benzene rings is 2. The number of nitrogens with two attached hydrogens (primary N) is 1. The fourth-order valence-corrected chi connectivity index (χ4v) is 1.97. The Bertz CT molecular complexity index is 583. The Morgan fingerprint density at radius 2 is 1.82 bits per heavy atom. The number of rotatable bonds is 2. The number of carbonyl (C=O) groups is 1. The normalized spacial score (nSPS) is 10.2. The van der Waals surface area contributed by atoms with Gasteiger partial charge in [-0.2, -0.15) is 0 Å². The molecule has 86 valence electrons. The maximum Gasteiger partial charge on any atom is 0.249 e. The maximum absolute atomic E-state index is 13.8. The third-order valence-electron chi connectivity index (χ3n) is 2.41. The lowest BCUT2D eigenvalue weighted by atomic mass is 9.99. The molecule has 0 aromatic heterocycles. The molecule has 2 aromatic carbocycles. The average Bonchev–Trinajstić information content (AvgIpc) is 2.29. The Balaban J connectivity index is 2.64. The van der Waals surface area contributed by atoms with E-state index in [1.807, 2.05) is 0 Å².